The topological polar surface area (TPSA) is 38.0 Å². The molecular formula is C18H12BrClF6N2O. The van der Waals surface area contributed by atoms with Crippen LogP contribution in [0.15, 0.2) is 53.0 Å². The number of rotatable bonds is 3. The number of nitrogens with zero attached hydrogens (tertiary/aromatic N) is 2. The van der Waals surface area contributed by atoms with Crippen LogP contribution >= 0.6 is 27.5 Å². The fraction of sp³-hybridized carbons (Fsp3) is 0.278. The standard InChI is InChI=1S/C18H12BrClF6N2O/c19-10-5-7-11(8-6-10)28-14(12-3-1-2-4-13(12)20)9-15(27-28)16(29,17(21,22)23)18(24,25)26/h1-7,9,11,29H,8H2. The Morgan fingerprint density at radius 1 is 1.10 bits per heavy atom. The normalized spacial score (nSPS) is 18.1. The van der Waals surface area contributed by atoms with E-state index in [0.29, 0.717) is 10.5 Å². The van der Waals surface area contributed by atoms with Gasteiger partial charge in [0, 0.05) is 15.1 Å². The number of aromatic nitrogens is 2. The molecule has 0 saturated heterocycles. The molecule has 1 aliphatic rings. The Morgan fingerprint density at radius 3 is 2.24 bits per heavy atom. The van der Waals surface area contributed by atoms with Gasteiger partial charge in [-0.1, -0.05) is 64.0 Å². The molecule has 1 aromatic carbocycles. The summed E-state index contributed by atoms with van der Waals surface area (Å²) in [6.07, 6.45) is -6.94. The molecule has 1 atom stereocenters. The van der Waals surface area contributed by atoms with E-state index in [4.69, 9.17) is 11.6 Å². The highest BCUT2D eigenvalue weighted by Gasteiger charge is 2.73. The zero-order valence-corrected chi connectivity index (χ0v) is 16.6. The predicted octanol–water partition coefficient (Wildman–Crippen LogP) is 6.30. The molecule has 0 radical (unpaired) electrons. The number of hydrogen-bond acceptors (Lipinski definition) is 2. The molecule has 3 nitrogen and oxygen atoms in total. The lowest BCUT2D eigenvalue weighted by Gasteiger charge is -2.30. The minimum Gasteiger partial charge on any atom is -0.368 e. The van der Waals surface area contributed by atoms with E-state index < -0.39 is 29.7 Å². The van der Waals surface area contributed by atoms with Crippen LogP contribution in [-0.2, 0) is 5.60 Å². The number of alkyl halides is 6. The summed E-state index contributed by atoms with van der Waals surface area (Å²) in [5.74, 6) is 0. The number of aliphatic hydroxyl groups is 1. The van der Waals surface area contributed by atoms with Crippen molar-refractivity contribution >= 4 is 27.5 Å². The van der Waals surface area contributed by atoms with Gasteiger partial charge in [-0.25, -0.2) is 0 Å². The zero-order valence-electron chi connectivity index (χ0n) is 14.3. The largest absolute Gasteiger partial charge is 0.432 e. The van der Waals surface area contributed by atoms with Crippen molar-refractivity contribution in [3.05, 3.63) is 63.8 Å². The van der Waals surface area contributed by atoms with Crippen LogP contribution in [0.3, 0.4) is 0 Å². The van der Waals surface area contributed by atoms with E-state index in [2.05, 4.69) is 21.0 Å². The Morgan fingerprint density at radius 2 is 1.72 bits per heavy atom. The fourth-order valence-corrected chi connectivity index (χ4v) is 3.48. The second-order valence-electron chi connectivity index (χ2n) is 6.30. The minimum absolute atomic E-state index is 0.0846. The van der Waals surface area contributed by atoms with E-state index in [1.165, 1.54) is 18.2 Å². The predicted molar refractivity (Wildman–Crippen MR) is 98.5 cm³/mol. The van der Waals surface area contributed by atoms with Crippen molar-refractivity contribution in [3.63, 3.8) is 0 Å². The van der Waals surface area contributed by atoms with Crippen molar-refractivity contribution in [2.45, 2.75) is 30.4 Å². The fourth-order valence-electron chi connectivity index (χ4n) is 2.91. The molecule has 156 valence electrons. The minimum atomic E-state index is -6.03. The van der Waals surface area contributed by atoms with Crippen molar-refractivity contribution in [2.75, 3.05) is 0 Å². The Hall–Kier alpha value is -1.78. The van der Waals surface area contributed by atoms with Gasteiger partial charge in [0.2, 0.25) is 0 Å². The molecule has 0 spiro atoms. The first-order valence-corrected chi connectivity index (χ1v) is 9.28. The number of benzene rings is 1. The van der Waals surface area contributed by atoms with E-state index in [1.54, 1.807) is 24.3 Å². The summed E-state index contributed by atoms with van der Waals surface area (Å²) in [7, 11) is 0. The molecule has 3 rings (SSSR count). The molecule has 1 unspecified atom stereocenters. The summed E-state index contributed by atoms with van der Waals surface area (Å²) in [6.45, 7) is 0. The van der Waals surface area contributed by atoms with Crippen LogP contribution < -0.4 is 0 Å². The summed E-state index contributed by atoms with van der Waals surface area (Å²) in [6, 6.07) is 5.88. The first-order valence-electron chi connectivity index (χ1n) is 8.11. The average molecular weight is 502 g/mol. The second-order valence-corrected chi connectivity index (χ2v) is 7.62. The van der Waals surface area contributed by atoms with Gasteiger partial charge in [-0.2, -0.15) is 31.4 Å². The van der Waals surface area contributed by atoms with Crippen LogP contribution in [0.5, 0.6) is 0 Å². The van der Waals surface area contributed by atoms with E-state index in [0.717, 1.165) is 4.68 Å². The Bertz CT molecular complexity index is 965. The van der Waals surface area contributed by atoms with Crippen molar-refractivity contribution in [1.82, 2.24) is 9.78 Å². The van der Waals surface area contributed by atoms with Crippen LogP contribution in [0.25, 0.3) is 11.3 Å². The monoisotopic (exact) mass is 500 g/mol. The number of hydrogen-bond donors (Lipinski definition) is 1. The molecule has 2 aromatic rings. The van der Waals surface area contributed by atoms with Gasteiger partial charge in [-0.05, 0) is 18.6 Å². The van der Waals surface area contributed by atoms with Crippen LogP contribution in [0, 0.1) is 0 Å². The molecule has 0 amide bonds. The molecule has 1 aromatic heterocycles. The lowest BCUT2D eigenvalue weighted by Crippen LogP contribution is -2.54. The van der Waals surface area contributed by atoms with Crippen molar-refractivity contribution in [3.8, 4) is 11.3 Å². The van der Waals surface area contributed by atoms with Crippen LogP contribution in [0.2, 0.25) is 5.02 Å². The smallest absolute Gasteiger partial charge is 0.368 e. The maximum absolute atomic E-state index is 13.3. The van der Waals surface area contributed by atoms with Gasteiger partial charge in [0.05, 0.1) is 11.7 Å². The third-order valence-corrected chi connectivity index (χ3v) is 5.34. The zero-order chi connectivity index (χ0) is 21.6. The summed E-state index contributed by atoms with van der Waals surface area (Å²) in [4.78, 5) is 0. The van der Waals surface area contributed by atoms with Crippen LogP contribution in [0.1, 0.15) is 18.2 Å². The summed E-state index contributed by atoms with van der Waals surface area (Å²) < 4.78 is 81.7. The molecule has 11 heteroatoms. The van der Waals surface area contributed by atoms with Gasteiger partial charge < -0.3 is 5.11 Å². The van der Waals surface area contributed by atoms with Crippen LogP contribution in [0.4, 0.5) is 26.3 Å². The lowest BCUT2D eigenvalue weighted by molar-refractivity contribution is -0.377. The van der Waals surface area contributed by atoms with Crippen molar-refractivity contribution in [2.24, 2.45) is 0 Å². The molecule has 1 aliphatic carbocycles. The third kappa shape index (κ3) is 3.85. The van der Waals surface area contributed by atoms with E-state index in [1.807, 2.05) is 0 Å². The third-order valence-electron chi connectivity index (χ3n) is 4.42. The maximum atomic E-state index is 13.3. The molecule has 0 bridgehead atoms. The van der Waals surface area contributed by atoms with Gasteiger partial charge in [0.1, 0.15) is 5.69 Å². The van der Waals surface area contributed by atoms with E-state index in [-0.39, 0.29) is 22.7 Å². The summed E-state index contributed by atoms with van der Waals surface area (Å²) in [5.41, 5.74) is -6.61. The highest BCUT2D eigenvalue weighted by Crippen LogP contribution is 2.50. The molecule has 0 aliphatic heterocycles. The van der Waals surface area contributed by atoms with Gasteiger partial charge in [0.25, 0.3) is 0 Å². The molecule has 0 fully saturated rings. The highest BCUT2D eigenvalue weighted by atomic mass is 79.9. The quantitative estimate of drug-likeness (QED) is 0.502. The van der Waals surface area contributed by atoms with Gasteiger partial charge in [-0.15, -0.1) is 0 Å². The number of halogens is 8. The van der Waals surface area contributed by atoms with Gasteiger partial charge >= 0.3 is 18.0 Å². The van der Waals surface area contributed by atoms with Crippen molar-refractivity contribution in [1.29, 1.82) is 0 Å². The first-order chi connectivity index (χ1) is 13.4. The van der Waals surface area contributed by atoms with Crippen molar-refractivity contribution < 1.29 is 31.4 Å². The Balaban J connectivity index is 2.25. The van der Waals surface area contributed by atoms with Gasteiger partial charge in [0.15, 0.2) is 0 Å². The van der Waals surface area contributed by atoms with Crippen LogP contribution in [-0.4, -0.2) is 27.2 Å². The number of allylic oxidation sites excluding steroid dienone is 4. The lowest BCUT2D eigenvalue weighted by atomic mass is 9.97. The van der Waals surface area contributed by atoms with Gasteiger partial charge in [-0.3, -0.25) is 4.68 Å². The summed E-state index contributed by atoms with van der Waals surface area (Å²) in [5, 5.41) is 13.4. The van der Waals surface area contributed by atoms with E-state index >= 15 is 0 Å². The first kappa shape index (κ1) is 21.9. The molecule has 1 heterocycles. The molecule has 1 N–H and O–H groups in total. The summed E-state index contributed by atoms with van der Waals surface area (Å²) >= 11 is 9.35. The Labute approximate surface area is 174 Å². The molecule has 29 heavy (non-hydrogen) atoms. The SMILES string of the molecule is OC(c1cc(-c2ccccc2Cl)n(C2C=CC(Br)=CC2)n1)(C(F)(F)F)C(F)(F)F. The molecule has 0 saturated carbocycles. The second kappa shape index (κ2) is 7.48. The van der Waals surface area contributed by atoms with E-state index in [9.17, 15) is 31.4 Å². The molecular weight excluding hydrogens is 490 g/mol. The Kier molecular flexibility index (Phi) is 5.65. The maximum Gasteiger partial charge on any atom is 0.432 e. The highest BCUT2D eigenvalue weighted by molar-refractivity contribution is 9.11. The average Bonchev–Trinajstić information content (AvgIpc) is 3.05.